The van der Waals surface area contributed by atoms with Gasteiger partial charge in [-0.3, -0.25) is 0 Å². The quantitative estimate of drug-likeness (QED) is 0.830. The van der Waals surface area contributed by atoms with Crippen molar-refractivity contribution >= 4 is 11.3 Å². The molecule has 1 aromatic heterocycles. The fourth-order valence-electron chi connectivity index (χ4n) is 1.72. The van der Waals surface area contributed by atoms with E-state index >= 15 is 0 Å². The number of rotatable bonds is 4. The van der Waals surface area contributed by atoms with E-state index in [0.717, 1.165) is 6.42 Å². The van der Waals surface area contributed by atoms with Crippen molar-refractivity contribution in [1.29, 1.82) is 0 Å². The Morgan fingerprint density at radius 3 is 2.50 bits per heavy atom. The maximum atomic E-state index is 6.14. The molecule has 0 bridgehead atoms. The lowest BCUT2D eigenvalue weighted by atomic mass is 10.0. The van der Waals surface area contributed by atoms with Crippen LogP contribution in [0, 0.1) is 6.92 Å². The molecule has 0 aromatic carbocycles. The van der Waals surface area contributed by atoms with Crippen LogP contribution in [0.2, 0.25) is 0 Å². The lowest BCUT2D eigenvalue weighted by molar-refractivity contribution is 0.257. The predicted octanol–water partition coefficient (Wildman–Crippen LogP) is 2.40. The molecule has 0 radical (unpaired) electrons. The van der Waals surface area contributed by atoms with Crippen LogP contribution >= 0.6 is 11.3 Å². The Labute approximate surface area is 90.7 Å². The summed E-state index contributed by atoms with van der Waals surface area (Å²) in [4.78, 5) is 3.62. The molecule has 1 aromatic rings. The summed E-state index contributed by atoms with van der Waals surface area (Å²) in [7, 11) is 4.19. The van der Waals surface area contributed by atoms with Gasteiger partial charge in [0.1, 0.15) is 0 Å². The molecular formula is C11H20N2S. The second-order valence-electron chi connectivity index (χ2n) is 3.95. The van der Waals surface area contributed by atoms with Crippen molar-refractivity contribution in [3.63, 3.8) is 0 Å². The molecule has 0 aliphatic rings. The molecule has 2 N–H and O–H groups in total. The van der Waals surface area contributed by atoms with Gasteiger partial charge in [-0.2, -0.15) is 0 Å². The van der Waals surface area contributed by atoms with E-state index in [-0.39, 0.29) is 6.04 Å². The van der Waals surface area contributed by atoms with Crippen LogP contribution in [0.1, 0.15) is 29.8 Å². The Bertz CT molecular complexity index is 281. The molecule has 0 spiro atoms. The number of hydrogen-bond donors (Lipinski definition) is 1. The molecule has 0 aliphatic heterocycles. The summed E-state index contributed by atoms with van der Waals surface area (Å²) in [5.41, 5.74) is 7.50. The Morgan fingerprint density at radius 2 is 2.14 bits per heavy atom. The lowest BCUT2D eigenvalue weighted by Gasteiger charge is -2.29. The largest absolute Gasteiger partial charge is 0.326 e. The third-order valence-corrected chi connectivity index (χ3v) is 3.69. The van der Waals surface area contributed by atoms with E-state index in [9.17, 15) is 0 Å². The first-order valence-corrected chi connectivity index (χ1v) is 5.91. The van der Waals surface area contributed by atoms with Gasteiger partial charge >= 0.3 is 0 Å². The van der Waals surface area contributed by atoms with Gasteiger partial charge < -0.3 is 10.6 Å². The molecule has 0 aliphatic carbocycles. The Morgan fingerprint density at radius 1 is 1.50 bits per heavy atom. The number of thiophene rings is 1. The van der Waals surface area contributed by atoms with E-state index in [4.69, 9.17) is 5.73 Å². The van der Waals surface area contributed by atoms with Crippen LogP contribution in [-0.2, 0) is 0 Å². The minimum absolute atomic E-state index is 0.224. The summed E-state index contributed by atoms with van der Waals surface area (Å²) in [6.07, 6.45) is 1.01. The zero-order chi connectivity index (χ0) is 10.7. The first-order chi connectivity index (χ1) is 6.57. The maximum Gasteiger partial charge on any atom is 0.0591 e. The smallest absolute Gasteiger partial charge is 0.0591 e. The molecule has 0 saturated carbocycles. The normalized spacial score (nSPS) is 15.9. The highest BCUT2D eigenvalue weighted by Gasteiger charge is 2.22. The average molecular weight is 212 g/mol. The minimum atomic E-state index is 0.224. The first kappa shape index (κ1) is 11.7. The van der Waals surface area contributed by atoms with Crippen molar-refractivity contribution < 1.29 is 0 Å². The maximum absolute atomic E-state index is 6.14. The summed E-state index contributed by atoms with van der Waals surface area (Å²) >= 11 is 1.81. The van der Waals surface area contributed by atoms with Gasteiger partial charge in [-0.25, -0.2) is 0 Å². The van der Waals surface area contributed by atoms with Gasteiger partial charge in [0.05, 0.1) is 6.04 Å². The van der Waals surface area contributed by atoms with E-state index < -0.39 is 0 Å². The number of nitrogens with two attached hydrogens (primary N) is 1. The second kappa shape index (κ2) is 4.91. The molecule has 0 saturated heterocycles. The van der Waals surface area contributed by atoms with Gasteiger partial charge in [0, 0.05) is 10.9 Å². The summed E-state index contributed by atoms with van der Waals surface area (Å²) < 4.78 is 0. The van der Waals surface area contributed by atoms with Crippen LogP contribution in [0.15, 0.2) is 11.4 Å². The summed E-state index contributed by atoms with van der Waals surface area (Å²) in [6.45, 7) is 4.30. The molecule has 1 heterocycles. The SMILES string of the molecule is CCC(N)C(c1sccc1C)N(C)C. The van der Waals surface area contributed by atoms with Crippen molar-refractivity contribution in [1.82, 2.24) is 4.90 Å². The zero-order valence-electron chi connectivity index (χ0n) is 9.45. The number of likely N-dealkylation sites (N-methyl/N-ethyl adjacent to an activating group) is 1. The summed E-state index contributed by atoms with van der Waals surface area (Å²) in [5.74, 6) is 0. The van der Waals surface area contributed by atoms with E-state index in [1.165, 1.54) is 10.4 Å². The van der Waals surface area contributed by atoms with E-state index in [1.54, 1.807) is 0 Å². The Balaban J connectivity index is 2.94. The van der Waals surface area contributed by atoms with Gasteiger partial charge in [-0.15, -0.1) is 11.3 Å². The fourth-order valence-corrected chi connectivity index (χ4v) is 2.92. The van der Waals surface area contributed by atoms with Crippen LogP contribution in [0.3, 0.4) is 0 Å². The standard InChI is InChI=1S/C11H20N2S/c1-5-9(12)10(13(3)4)11-8(2)6-7-14-11/h6-7,9-10H,5,12H2,1-4H3. The molecule has 80 valence electrons. The second-order valence-corrected chi connectivity index (χ2v) is 4.90. The van der Waals surface area contributed by atoms with E-state index in [2.05, 4.69) is 44.3 Å². The van der Waals surface area contributed by atoms with Crippen LogP contribution in [0.5, 0.6) is 0 Å². The molecule has 0 amide bonds. The van der Waals surface area contributed by atoms with Crippen LogP contribution in [0.4, 0.5) is 0 Å². The zero-order valence-corrected chi connectivity index (χ0v) is 10.3. The summed E-state index contributed by atoms with van der Waals surface area (Å²) in [6, 6.07) is 2.75. The molecule has 2 nitrogen and oxygen atoms in total. The van der Waals surface area contributed by atoms with Crippen molar-refractivity contribution in [2.24, 2.45) is 5.73 Å². The topological polar surface area (TPSA) is 29.3 Å². The van der Waals surface area contributed by atoms with Gasteiger partial charge in [-0.05, 0) is 44.4 Å². The predicted molar refractivity (Wildman–Crippen MR) is 63.8 cm³/mol. The molecule has 2 unspecified atom stereocenters. The van der Waals surface area contributed by atoms with Crippen molar-refractivity contribution in [3.05, 3.63) is 21.9 Å². The summed E-state index contributed by atoms with van der Waals surface area (Å²) in [5, 5.41) is 2.14. The molecule has 14 heavy (non-hydrogen) atoms. The van der Waals surface area contributed by atoms with Crippen LogP contribution in [0.25, 0.3) is 0 Å². The molecular weight excluding hydrogens is 192 g/mol. The average Bonchev–Trinajstić information content (AvgIpc) is 2.52. The monoisotopic (exact) mass is 212 g/mol. The number of aryl methyl sites for hydroxylation is 1. The molecule has 1 rings (SSSR count). The molecule has 0 fully saturated rings. The molecule has 3 heteroatoms. The third-order valence-electron chi connectivity index (χ3n) is 2.60. The highest BCUT2D eigenvalue weighted by atomic mass is 32.1. The fraction of sp³-hybridized carbons (Fsp3) is 0.636. The highest BCUT2D eigenvalue weighted by Crippen LogP contribution is 2.29. The van der Waals surface area contributed by atoms with Crippen molar-refractivity contribution in [3.8, 4) is 0 Å². The van der Waals surface area contributed by atoms with Gasteiger partial charge in [0.25, 0.3) is 0 Å². The Hall–Kier alpha value is -0.380. The van der Waals surface area contributed by atoms with Gasteiger partial charge in [0.15, 0.2) is 0 Å². The van der Waals surface area contributed by atoms with Gasteiger partial charge in [0.2, 0.25) is 0 Å². The third kappa shape index (κ3) is 2.35. The van der Waals surface area contributed by atoms with Crippen LogP contribution in [-0.4, -0.2) is 25.0 Å². The minimum Gasteiger partial charge on any atom is -0.326 e. The van der Waals surface area contributed by atoms with Crippen LogP contribution < -0.4 is 5.73 Å². The number of nitrogens with zero attached hydrogens (tertiary/aromatic N) is 1. The van der Waals surface area contributed by atoms with Crippen molar-refractivity contribution in [2.45, 2.75) is 32.4 Å². The van der Waals surface area contributed by atoms with E-state index in [0.29, 0.717) is 6.04 Å². The van der Waals surface area contributed by atoms with Crippen molar-refractivity contribution in [2.75, 3.05) is 14.1 Å². The van der Waals surface area contributed by atoms with E-state index in [1.807, 2.05) is 11.3 Å². The molecule has 2 atom stereocenters. The Kier molecular flexibility index (Phi) is 4.11. The number of hydrogen-bond acceptors (Lipinski definition) is 3. The van der Waals surface area contributed by atoms with Gasteiger partial charge in [-0.1, -0.05) is 6.92 Å². The lowest BCUT2D eigenvalue weighted by Crippen LogP contribution is -2.36. The highest BCUT2D eigenvalue weighted by molar-refractivity contribution is 7.10. The first-order valence-electron chi connectivity index (χ1n) is 5.04.